The number of carbonyl (C=O) groups is 1. The number of hydrogen-bond donors (Lipinski definition) is 2. The van der Waals surface area contributed by atoms with Crippen molar-refractivity contribution in [3.63, 3.8) is 0 Å². The van der Waals surface area contributed by atoms with Gasteiger partial charge in [0.1, 0.15) is 5.69 Å². The fraction of sp³-hybridized carbons (Fsp3) is 0.0769. The SMILES string of the molecule is Cn1ccc2cccc(-c3cc(C(=O)O)[nH]n3)c21. The van der Waals surface area contributed by atoms with Crippen molar-refractivity contribution in [1.82, 2.24) is 14.8 Å². The number of aryl methyl sites for hydroxylation is 1. The van der Waals surface area contributed by atoms with Crippen LogP contribution in [0, 0.1) is 0 Å². The molecule has 1 aromatic carbocycles. The lowest BCUT2D eigenvalue weighted by Crippen LogP contribution is -1.95. The highest BCUT2D eigenvalue weighted by Gasteiger charge is 2.12. The average Bonchev–Trinajstić information content (AvgIpc) is 2.96. The van der Waals surface area contributed by atoms with Gasteiger partial charge in [-0.05, 0) is 12.1 Å². The summed E-state index contributed by atoms with van der Waals surface area (Å²) < 4.78 is 2.00. The first-order valence-corrected chi connectivity index (χ1v) is 5.50. The lowest BCUT2D eigenvalue weighted by atomic mass is 10.1. The number of H-pyrrole nitrogens is 1. The van der Waals surface area contributed by atoms with Crippen LogP contribution in [0.3, 0.4) is 0 Å². The molecule has 5 heteroatoms. The maximum Gasteiger partial charge on any atom is 0.353 e. The van der Waals surface area contributed by atoms with Crippen molar-refractivity contribution >= 4 is 16.9 Å². The summed E-state index contributed by atoms with van der Waals surface area (Å²) in [4.78, 5) is 10.8. The molecule has 0 aliphatic heterocycles. The van der Waals surface area contributed by atoms with E-state index >= 15 is 0 Å². The van der Waals surface area contributed by atoms with E-state index < -0.39 is 5.97 Å². The van der Waals surface area contributed by atoms with Crippen LogP contribution in [0.4, 0.5) is 0 Å². The van der Waals surface area contributed by atoms with E-state index in [1.54, 1.807) is 6.07 Å². The van der Waals surface area contributed by atoms with Gasteiger partial charge in [-0.1, -0.05) is 18.2 Å². The minimum absolute atomic E-state index is 0.0937. The van der Waals surface area contributed by atoms with Crippen LogP contribution in [0.15, 0.2) is 36.5 Å². The molecule has 0 aliphatic carbocycles. The number of carboxylic acid groups (broad SMARTS) is 1. The van der Waals surface area contributed by atoms with Gasteiger partial charge < -0.3 is 9.67 Å². The first-order valence-electron chi connectivity index (χ1n) is 5.50. The van der Waals surface area contributed by atoms with Gasteiger partial charge in [0.25, 0.3) is 0 Å². The van der Waals surface area contributed by atoms with E-state index in [-0.39, 0.29) is 5.69 Å². The monoisotopic (exact) mass is 241 g/mol. The van der Waals surface area contributed by atoms with Crippen LogP contribution in [-0.4, -0.2) is 25.8 Å². The molecule has 0 fully saturated rings. The van der Waals surface area contributed by atoms with Crippen molar-refractivity contribution in [2.24, 2.45) is 7.05 Å². The molecule has 0 aliphatic rings. The molecule has 0 unspecified atom stereocenters. The number of aromatic nitrogens is 3. The lowest BCUT2D eigenvalue weighted by Gasteiger charge is -2.02. The summed E-state index contributed by atoms with van der Waals surface area (Å²) in [5.41, 5.74) is 2.70. The van der Waals surface area contributed by atoms with E-state index in [0.717, 1.165) is 16.5 Å². The Morgan fingerprint density at radius 1 is 1.39 bits per heavy atom. The molecule has 0 spiro atoms. The summed E-state index contributed by atoms with van der Waals surface area (Å²) in [6.07, 6.45) is 1.97. The van der Waals surface area contributed by atoms with Crippen molar-refractivity contribution in [3.05, 3.63) is 42.2 Å². The molecule has 0 radical (unpaired) electrons. The van der Waals surface area contributed by atoms with Crippen molar-refractivity contribution in [1.29, 1.82) is 0 Å². The van der Waals surface area contributed by atoms with E-state index in [9.17, 15) is 4.79 Å². The Hall–Kier alpha value is -2.56. The van der Waals surface area contributed by atoms with Gasteiger partial charge in [0.15, 0.2) is 0 Å². The zero-order valence-electron chi connectivity index (χ0n) is 9.71. The Bertz CT molecular complexity index is 740. The van der Waals surface area contributed by atoms with Crippen LogP contribution in [0.1, 0.15) is 10.5 Å². The average molecular weight is 241 g/mol. The standard InChI is InChI=1S/C13H11N3O2/c1-16-6-5-8-3-2-4-9(12(8)16)10-7-11(13(17)18)15-14-10/h2-7H,1H3,(H,14,15)(H,17,18). The number of nitrogens with one attached hydrogen (secondary N) is 1. The molecular formula is C13H11N3O2. The lowest BCUT2D eigenvalue weighted by molar-refractivity contribution is 0.0690. The summed E-state index contributed by atoms with van der Waals surface area (Å²) in [6, 6.07) is 9.45. The number of aromatic amines is 1. The van der Waals surface area contributed by atoms with Crippen molar-refractivity contribution in [2.45, 2.75) is 0 Å². The Kier molecular flexibility index (Phi) is 2.19. The molecule has 2 heterocycles. The number of fused-ring (bicyclic) bond motifs is 1. The maximum atomic E-state index is 10.8. The van der Waals surface area contributed by atoms with Gasteiger partial charge in [0.05, 0.1) is 11.2 Å². The van der Waals surface area contributed by atoms with Gasteiger partial charge in [-0.15, -0.1) is 0 Å². The van der Waals surface area contributed by atoms with Crippen LogP contribution in [-0.2, 0) is 7.05 Å². The van der Waals surface area contributed by atoms with Crippen LogP contribution >= 0.6 is 0 Å². The van der Waals surface area contributed by atoms with E-state index in [1.165, 1.54) is 0 Å². The Morgan fingerprint density at radius 2 is 2.22 bits per heavy atom. The summed E-state index contributed by atoms with van der Waals surface area (Å²) in [5, 5.41) is 16.6. The summed E-state index contributed by atoms with van der Waals surface area (Å²) in [7, 11) is 1.95. The Balaban J connectivity index is 2.24. The van der Waals surface area contributed by atoms with E-state index in [4.69, 9.17) is 5.11 Å². The topological polar surface area (TPSA) is 70.9 Å². The summed E-state index contributed by atoms with van der Waals surface area (Å²) in [6.45, 7) is 0. The van der Waals surface area contributed by atoms with E-state index in [1.807, 2.05) is 42.1 Å². The zero-order valence-corrected chi connectivity index (χ0v) is 9.71. The van der Waals surface area contributed by atoms with Gasteiger partial charge >= 0.3 is 5.97 Å². The maximum absolute atomic E-state index is 10.8. The number of hydrogen-bond acceptors (Lipinski definition) is 2. The molecule has 0 saturated heterocycles. The second kappa shape index (κ2) is 3.73. The number of nitrogens with zero attached hydrogens (tertiary/aromatic N) is 2. The summed E-state index contributed by atoms with van der Waals surface area (Å²) in [5.74, 6) is -1.01. The quantitative estimate of drug-likeness (QED) is 0.723. The van der Waals surface area contributed by atoms with Crippen molar-refractivity contribution in [2.75, 3.05) is 0 Å². The smallest absolute Gasteiger partial charge is 0.353 e. The first-order chi connectivity index (χ1) is 8.66. The third kappa shape index (κ3) is 1.48. The minimum atomic E-state index is -1.01. The third-order valence-electron chi connectivity index (χ3n) is 2.98. The second-order valence-corrected chi connectivity index (χ2v) is 4.14. The van der Waals surface area contributed by atoms with Crippen molar-refractivity contribution < 1.29 is 9.90 Å². The first kappa shape index (κ1) is 10.6. The highest BCUT2D eigenvalue weighted by Crippen LogP contribution is 2.27. The molecule has 3 rings (SSSR count). The van der Waals surface area contributed by atoms with Gasteiger partial charge in [-0.25, -0.2) is 4.79 Å². The summed E-state index contributed by atoms with van der Waals surface area (Å²) >= 11 is 0. The number of rotatable bonds is 2. The van der Waals surface area contributed by atoms with Crippen LogP contribution < -0.4 is 0 Å². The Morgan fingerprint density at radius 3 is 2.94 bits per heavy atom. The van der Waals surface area contributed by atoms with E-state index in [0.29, 0.717) is 5.69 Å². The van der Waals surface area contributed by atoms with E-state index in [2.05, 4.69) is 10.2 Å². The van der Waals surface area contributed by atoms with Gasteiger partial charge in [0.2, 0.25) is 0 Å². The molecule has 18 heavy (non-hydrogen) atoms. The fourth-order valence-electron chi connectivity index (χ4n) is 2.13. The number of carboxylic acids is 1. The Labute approximate surface area is 103 Å². The minimum Gasteiger partial charge on any atom is -0.477 e. The van der Waals surface area contributed by atoms with Crippen LogP contribution in [0.5, 0.6) is 0 Å². The van der Waals surface area contributed by atoms with Crippen molar-refractivity contribution in [3.8, 4) is 11.3 Å². The molecule has 0 atom stereocenters. The van der Waals surface area contributed by atoms with Crippen LogP contribution in [0.2, 0.25) is 0 Å². The highest BCUT2D eigenvalue weighted by atomic mass is 16.4. The zero-order chi connectivity index (χ0) is 12.7. The molecule has 5 nitrogen and oxygen atoms in total. The molecule has 90 valence electrons. The predicted octanol–water partition coefficient (Wildman–Crippen LogP) is 2.27. The van der Waals surface area contributed by atoms with Gasteiger partial charge in [-0.3, -0.25) is 5.10 Å². The highest BCUT2D eigenvalue weighted by molar-refractivity contribution is 5.95. The third-order valence-corrected chi connectivity index (χ3v) is 2.98. The van der Waals surface area contributed by atoms with Gasteiger partial charge in [0, 0.05) is 24.2 Å². The molecular weight excluding hydrogens is 230 g/mol. The fourth-order valence-corrected chi connectivity index (χ4v) is 2.13. The normalized spacial score (nSPS) is 10.9. The second-order valence-electron chi connectivity index (χ2n) is 4.14. The van der Waals surface area contributed by atoms with Gasteiger partial charge in [-0.2, -0.15) is 5.10 Å². The largest absolute Gasteiger partial charge is 0.477 e. The molecule has 0 amide bonds. The molecule has 0 saturated carbocycles. The molecule has 3 aromatic rings. The predicted molar refractivity (Wildman–Crippen MR) is 67.5 cm³/mol. The van der Waals surface area contributed by atoms with Crippen LogP contribution in [0.25, 0.3) is 22.2 Å². The molecule has 0 bridgehead atoms. The number of benzene rings is 1. The molecule has 2 N–H and O–H groups in total. The number of aromatic carboxylic acids is 1. The number of para-hydroxylation sites is 1. The molecule has 2 aromatic heterocycles.